The lowest BCUT2D eigenvalue weighted by Crippen LogP contribution is -2.55. The van der Waals surface area contributed by atoms with Gasteiger partial charge in [-0.3, -0.25) is 0 Å². The van der Waals surface area contributed by atoms with Gasteiger partial charge >= 0.3 is 6.85 Å². The van der Waals surface area contributed by atoms with Gasteiger partial charge in [0.15, 0.2) is 0 Å². The van der Waals surface area contributed by atoms with Crippen LogP contribution >= 0.6 is 0 Å². The molecule has 3 heteroatoms. The van der Waals surface area contributed by atoms with Crippen molar-refractivity contribution in [2.75, 3.05) is 0 Å². The Bertz CT molecular complexity index is 4180. The maximum Gasteiger partial charge on any atom is 0.333 e. The number of aromatic nitrogens is 2. The summed E-state index contributed by atoms with van der Waals surface area (Å²) < 4.78 is 5.37. The van der Waals surface area contributed by atoms with Gasteiger partial charge in [-0.05, 0) is 185 Å². The monoisotopic (exact) mass is 880 g/mol. The molecule has 2 aliphatic heterocycles. The van der Waals surface area contributed by atoms with Crippen LogP contribution in [0.3, 0.4) is 0 Å². The van der Waals surface area contributed by atoms with Crippen molar-refractivity contribution < 1.29 is 0 Å². The van der Waals surface area contributed by atoms with E-state index in [1.807, 2.05) is 0 Å². The van der Waals surface area contributed by atoms with Crippen molar-refractivity contribution in [2.24, 2.45) is 0 Å². The number of benzene rings is 10. The minimum Gasteiger partial charge on any atom is -0.375 e. The van der Waals surface area contributed by atoms with E-state index in [0.717, 1.165) is 0 Å². The summed E-state index contributed by atoms with van der Waals surface area (Å²) in [5.74, 6) is 0. The Morgan fingerprint density at radius 1 is 0.319 bits per heavy atom. The lowest BCUT2D eigenvalue weighted by Gasteiger charge is -2.35. The number of nitrogens with zero attached hydrogens (tertiary/aromatic N) is 2. The van der Waals surface area contributed by atoms with E-state index >= 15 is 0 Å². The third-order valence-corrected chi connectivity index (χ3v) is 15.7. The second-order valence-electron chi connectivity index (χ2n) is 20.1. The number of fused-ring (bicyclic) bond motifs is 10. The zero-order chi connectivity index (χ0) is 46.4. The van der Waals surface area contributed by atoms with E-state index in [2.05, 4.69) is 239 Å². The quantitative estimate of drug-likeness (QED) is 0.152. The Kier molecular flexibility index (Phi) is 8.51. The summed E-state index contributed by atoms with van der Waals surface area (Å²) in [6, 6.07) is 72.2. The smallest absolute Gasteiger partial charge is 0.333 e. The Morgan fingerprint density at radius 3 is 1.55 bits per heavy atom. The number of hydrogen-bond acceptors (Lipinski definition) is 0. The molecule has 2 nitrogen and oxygen atoms in total. The van der Waals surface area contributed by atoms with Crippen LogP contribution in [-0.4, -0.2) is 15.9 Å². The molecule has 0 aliphatic carbocycles. The molecule has 0 radical (unpaired) electrons. The average molecular weight is 881 g/mol. The molecule has 4 heterocycles. The molecule has 2 aromatic heterocycles. The fourth-order valence-corrected chi connectivity index (χ4v) is 12.3. The topological polar surface area (TPSA) is 9.86 Å². The first-order valence-corrected chi connectivity index (χ1v) is 24.4. The van der Waals surface area contributed by atoms with Gasteiger partial charge in [0.2, 0.25) is 0 Å². The van der Waals surface area contributed by atoms with Crippen molar-refractivity contribution in [2.45, 2.75) is 41.5 Å². The zero-order valence-corrected chi connectivity index (χ0v) is 39.9. The highest BCUT2D eigenvalue weighted by Crippen LogP contribution is 2.48. The Hall–Kier alpha value is -8.14. The highest BCUT2D eigenvalue weighted by Gasteiger charge is 2.42. The Balaban J connectivity index is 1.17. The molecule has 0 N–H and O–H groups in total. The van der Waals surface area contributed by atoms with Gasteiger partial charge in [-0.15, -0.1) is 0 Å². The van der Waals surface area contributed by atoms with Crippen molar-refractivity contribution in [3.05, 3.63) is 221 Å². The van der Waals surface area contributed by atoms with Crippen LogP contribution in [-0.2, 0) is 0 Å². The molecular weight excluding hydrogens is 832 g/mol. The van der Waals surface area contributed by atoms with Crippen LogP contribution in [0.5, 0.6) is 0 Å². The third kappa shape index (κ3) is 5.87. The molecular formula is C66H49BN2. The van der Waals surface area contributed by atoms with Crippen molar-refractivity contribution in [1.82, 2.24) is 9.05 Å². The van der Waals surface area contributed by atoms with Crippen LogP contribution < -0.4 is 10.9 Å². The summed E-state index contributed by atoms with van der Waals surface area (Å²) in [6.45, 7) is 13.2. The van der Waals surface area contributed by atoms with E-state index in [9.17, 15) is 0 Å². The highest BCUT2D eigenvalue weighted by molar-refractivity contribution is 6.90. The molecule has 0 bridgehead atoms. The Morgan fingerprint density at radius 2 is 0.841 bits per heavy atom. The molecule has 0 saturated carbocycles. The lowest BCUT2D eigenvalue weighted by molar-refractivity contribution is 1.17. The summed E-state index contributed by atoms with van der Waals surface area (Å²) in [6.07, 6.45) is 0. The van der Waals surface area contributed by atoms with Crippen LogP contribution in [0.25, 0.3) is 116 Å². The molecule has 10 aromatic carbocycles. The van der Waals surface area contributed by atoms with Gasteiger partial charge < -0.3 is 9.05 Å². The van der Waals surface area contributed by atoms with Gasteiger partial charge in [-0.25, -0.2) is 0 Å². The summed E-state index contributed by atoms with van der Waals surface area (Å²) in [4.78, 5) is 0. The van der Waals surface area contributed by atoms with Crippen LogP contribution in [0.4, 0.5) is 0 Å². The molecule has 0 spiro atoms. The van der Waals surface area contributed by atoms with Gasteiger partial charge in [0.25, 0.3) is 0 Å². The zero-order valence-electron chi connectivity index (χ0n) is 39.9. The summed E-state index contributed by atoms with van der Waals surface area (Å²) in [7, 11) is 0. The number of rotatable bonds is 5. The van der Waals surface area contributed by atoms with Crippen LogP contribution in [0.15, 0.2) is 188 Å². The molecule has 0 amide bonds. The molecule has 0 saturated heterocycles. The fraction of sp³-hybridized carbons (Fsp3) is 0.0909. The van der Waals surface area contributed by atoms with E-state index in [1.54, 1.807) is 0 Å². The van der Waals surface area contributed by atoms with E-state index in [-0.39, 0.29) is 6.85 Å². The van der Waals surface area contributed by atoms with Crippen LogP contribution in [0, 0.1) is 41.5 Å². The van der Waals surface area contributed by atoms with Crippen molar-refractivity contribution in [3.8, 4) is 72.4 Å². The Labute approximate surface area is 403 Å². The lowest BCUT2D eigenvalue weighted by atomic mass is 9.45. The molecule has 0 unspecified atom stereocenters. The van der Waals surface area contributed by atoms with Crippen molar-refractivity contribution in [1.29, 1.82) is 0 Å². The van der Waals surface area contributed by atoms with Gasteiger partial charge in [-0.2, -0.15) is 0 Å². The first kappa shape index (κ1) is 40.0. The maximum absolute atomic E-state index is 2.73. The van der Waals surface area contributed by atoms with Gasteiger partial charge in [0, 0.05) is 43.8 Å². The second kappa shape index (κ2) is 14.7. The first-order chi connectivity index (χ1) is 33.7. The second-order valence-corrected chi connectivity index (χ2v) is 20.1. The minimum absolute atomic E-state index is 0.0921. The largest absolute Gasteiger partial charge is 0.375 e. The summed E-state index contributed by atoms with van der Waals surface area (Å²) >= 11 is 0. The standard InChI is InChI=1S/C66H49BN2/c1-38-15-20-44(21-16-38)46-24-27-61-54(30-46)58-32-48(45-22-17-39(2)18-23-45)36-60-66(58)68(61)63-37-50(53-26-19-40(3)29-43(53)6)33-56-59-35-49(52-14-10-8-12-42(52)5)34-57-55-31-47(51-13-9-7-11-41(51)4)25-28-62(55)69(65(57)59)67(60)64(56)63/h7-37H,1-6H3. The molecule has 0 atom stereocenters. The predicted molar refractivity (Wildman–Crippen MR) is 295 cm³/mol. The molecule has 326 valence electrons. The minimum atomic E-state index is -0.0921. The van der Waals surface area contributed by atoms with Gasteiger partial charge in [0.1, 0.15) is 0 Å². The normalized spacial score (nSPS) is 12.5. The first-order valence-electron chi connectivity index (χ1n) is 24.4. The fourth-order valence-electron chi connectivity index (χ4n) is 12.3. The number of hydrogen-bond donors (Lipinski definition) is 0. The van der Waals surface area contributed by atoms with Crippen LogP contribution in [0.1, 0.15) is 33.4 Å². The van der Waals surface area contributed by atoms with Crippen LogP contribution in [0.2, 0.25) is 0 Å². The molecule has 14 rings (SSSR count). The van der Waals surface area contributed by atoms with Crippen molar-refractivity contribution >= 4 is 61.4 Å². The summed E-state index contributed by atoms with van der Waals surface area (Å²) in [5, 5.41) is 5.13. The SMILES string of the molecule is Cc1ccc(-c2ccc3c(c2)c2cc(-c4ccc(C)cc4)cc4c2n3-c2cc(-c3ccc(C)cc3C)cc3c2B4n2c4ccc(-c5ccccc5C)cc4c4cc(-c5ccccc5C)cc-3c42)cc1. The molecule has 69 heavy (non-hydrogen) atoms. The van der Waals surface area contributed by atoms with Gasteiger partial charge in [0.05, 0.1) is 11.0 Å². The summed E-state index contributed by atoms with van der Waals surface area (Å²) in [5.41, 5.74) is 31.7. The maximum atomic E-state index is 2.73. The predicted octanol–water partition coefficient (Wildman–Crippen LogP) is 16.0. The van der Waals surface area contributed by atoms with E-state index in [1.165, 1.54) is 160 Å². The molecule has 0 fully saturated rings. The van der Waals surface area contributed by atoms with Gasteiger partial charge in [-0.1, -0.05) is 150 Å². The molecule has 2 aliphatic rings. The third-order valence-electron chi connectivity index (χ3n) is 15.7. The van der Waals surface area contributed by atoms with E-state index < -0.39 is 0 Å². The van der Waals surface area contributed by atoms with Crippen molar-refractivity contribution in [3.63, 3.8) is 0 Å². The molecule has 12 aromatic rings. The average Bonchev–Trinajstić information content (AvgIpc) is 3.87. The number of aryl methyl sites for hydroxylation is 6. The van der Waals surface area contributed by atoms with E-state index in [4.69, 9.17) is 0 Å². The van der Waals surface area contributed by atoms with E-state index in [0.29, 0.717) is 0 Å². The highest BCUT2D eigenvalue weighted by atomic mass is 15.0.